The molecule has 1 aromatic heterocycles. The van der Waals surface area contributed by atoms with Gasteiger partial charge in [-0.3, -0.25) is 4.98 Å². The molecule has 0 amide bonds. The molecule has 0 radical (unpaired) electrons. The Kier molecular flexibility index (Phi) is 1.81. The van der Waals surface area contributed by atoms with Gasteiger partial charge in [-0.2, -0.15) is 0 Å². The van der Waals surface area contributed by atoms with E-state index in [1.807, 2.05) is 0 Å². The zero-order valence-corrected chi connectivity index (χ0v) is 7.14. The number of aromatic hydroxyl groups is 1. The van der Waals surface area contributed by atoms with E-state index < -0.39 is 5.97 Å². The molecule has 0 saturated heterocycles. The average Bonchev–Trinajstić information content (AvgIpc) is 2.17. The van der Waals surface area contributed by atoms with E-state index in [4.69, 9.17) is 5.11 Å². The van der Waals surface area contributed by atoms with Gasteiger partial charge in [0.25, 0.3) is 0 Å². The SMILES string of the molecule is O=C(O)c1cncc2cccc(O)c12. The van der Waals surface area contributed by atoms with Crippen LogP contribution in [0, 0.1) is 0 Å². The Morgan fingerprint density at radius 1 is 1.29 bits per heavy atom. The molecule has 4 heteroatoms. The number of aromatic carboxylic acids is 1. The number of hydrogen-bond acceptors (Lipinski definition) is 3. The molecule has 0 spiro atoms. The van der Waals surface area contributed by atoms with Gasteiger partial charge in [0, 0.05) is 23.2 Å². The van der Waals surface area contributed by atoms with E-state index >= 15 is 0 Å². The maximum absolute atomic E-state index is 10.8. The highest BCUT2D eigenvalue weighted by molar-refractivity contribution is 6.05. The summed E-state index contributed by atoms with van der Waals surface area (Å²) in [7, 11) is 0. The summed E-state index contributed by atoms with van der Waals surface area (Å²) in [5.41, 5.74) is 0.0144. The number of pyridine rings is 1. The predicted molar refractivity (Wildman–Crippen MR) is 50.4 cm³/mol. The van der Waals surface area contributed by atoms with E-state index in [0.717, 1.165) is 0 Å². The van der Waals surface area contributed by atoms with Gasteiger partial charge < -0.3 is 10.2 Å². The van der Waals surface area contributed by atoms with Crippen LogP contribution in [0.4, 0.5) is 0 Å². The number of carbonyl (C=O) groups is 1. The number of carboxylic acid groups (broad SMARTS) is 1. The maximum atomic E-state index is 10.8. The van der Waals surface area contributed by atoms with Crippen LogP contribution in [0.5, 0.6) is 5.75 Å². The van der Waals surface area contributed by atoms with E-state index in [1.54, 1.807) is 12.1 Å². The van der Waals surface area contributed by atoms with E-state index in [1.165, 1.54) is 18.5 Å². The van der Waals surface area contributed by atoms with Crippen molar-refractivity contribution in [2.45, 2.75) is 0 Å². The van der Waals surface area contributed by atoms with Crippen molar-refractivity contribution in [2.75, 3.05) is 0 Å². The Hall–Kier alpha value is -2.10. The van der Waals surface area contributed by atoms with Crippen molar-refractivity contribution in [1.82, 2.24) is 4.98 Å². The summed E-state index contributed by atoms with van der Waals surface area (Å²) in [5, 5.41) is 19.3. The molecule has 0 aliphatic rings. The number of nitrogens with zero attached hydrogens (tertiary/aromatic N) is 1. The first-order chi connectivity index (χ1) is 6.70. The highest BCUT2D eigenvalue weighted by Crippen LogP contribution is 2.26. The topological polar surface area (TPSA) is 70.4 Å². The van der Waals surface area contributed by atoms with Gasteiger partial charge in [0.1, 0.15) is 5.75 Å². The minimum atomic E-state index is -1.09. The molecule has 14 heavy (non-hydrogen) atoms. The molecule has 0 aliphatic heterocycles. The predicted octanol–water partition coefficient (Wildman–Crippen LogP) is 1.64. The average molecular weight is 189 g/mol. The third-order valence-corrected chi connectivity index (χ3v) is 1.99. The summed E-state index contributed by atoms with van der Waals surface area (Å²) < 4.78 is 0. The second-order valence-electron chi connectivity index (χ2n) is 2.87. The zero-order chi connectivity index (χ0) is 10.1. The first-order valence-corrected chi connectivity index (χ1v) is 3.99. The molecule has 4 nitrogen and oxygen atoms in total. The normalized spacial score (nSPS) is 10.3. The Balaban J connectivity index is 2.91. The lowest BCUT2D eigenvalue weighted by Gasteiger charge is -2.02. The monoisotopic (exact) mass is 189 g/mol. The minimum Gasteiger partial charge on any atom is -0.507 e. The Morgan fingerprint density at radius 2 is 2.07 bits per heavy atom. The van der Waals surface area contributed by atoms with Crippen LogP contribution in [0.3, 0.4) is 0 Å². The van der Waals surface area contributed by atoms with Gasteiger partial charge in [0.05, 0.1) is 5.56 Å². The third-order valence-electron chi connectivity index (χ3n) is 1.99. The van der Waals surface area contributed by atoms with Crippen molar-refractivity contribution in [1.29, 1.82) is 0 Å². The molecular formula is C10H7NO3. The second kappa shape index (κ2) is 2.99. The quantitative estimate of drug-likeness (QED) is 0.715. The summed E-state index contributed by atoms with van der Waals surface area (Å²) in [5.74, 6) is -1.13. The van der Waals surface area contributed by atoms with Crippen LogP contribution >= 0.6 is 0 Å². The number of carboxylic acids is 1. The Morgan fingerprint density at radius 3 is 2.79 bits per heavy atom. The lowest BCUT2D eigenvalue weighted by Crippen LogP contribution is -1.98. The van der Waals surface area contributed by atoms with Crippen molar-refractivity contribution in [3.8, 4) is 5.75 Å². The fraction of sp³-hybridized carbons (Fsp3) is 0. The number of rotatable bonds is 1. The molecule has 0 unspecified atom stereocenters. The first-order valence-electron chi connectivity index (χ1n) is 3.99. The molecule has 0 saturated carbocycles. The van der Waals surface area contributed by atoms with E-state index in [-0.39, 0.29) is 11.3 Å². The van der Waals surface area contributed by atoms with Crippen molar-refractivity contribution >= 4 is 16.7 Å². The molecule has 70 valence electrons. The molecule has 0 atom stereocenters. The van der Waals surface area contributed by atoms with E-state index in [0.29, 0.717) is 10.8 Å². The number of phenols is 1. The highest BCUT2D eigenvalue weighted by atomic mass is 16.4. The largest absolute Gasteiger partial charge is 0.507 e. The van der Waals surface area contributed by atoms with Gasteiger partial charge in [-0.1, -0.05) is 12.1 Å². The number of benzene rings is 1. The fourth-order valence-corrected chi connectivity index (χ4v) is 1.38. The molecule has 0 fully saturated rings. The highest BCUT2D eigenvalue weighted by Gasteiger charge is 2.11. The van der Waals surface area contributed by atoms with Gasteiger partial charge in [-0.15, -0.1) is 0 Å². The fourth-order valence-electron chi connectivity index (χ4n) is 1.38. The molecule has 2 rings (SSSR count). The summed E-state index contributed by atoms with van der Waals surface area (Å²) in [6, 6.07) is 4.80. The van der Waals surface area contributed by atoms with Crippen LogP contribution < -0.4 is 0 Å². The van der Waals surface area contributed by atoms with Gasteiger partial charge in [-0.05, 0) is 6.07 Å². The Labute approximate surface area is 79.4 Å². The number of fused-ring (bicyclic) bond motifs is 1. The van der Waals surface area contributed by atoms with Crippen molar-refractivity contribution in [2.24, 2.45) is 0 Å². The minimum absolute atomic E-state index is 0.0144. The Bertz CT molecular complexity index is 502. The van der Waals surface area contributed by atoms with Crippen LogP contribution in [0.1, 0.15) is 10.4 Å². The van der Waals surface area contributed by atoms with Crippen LogP contribution in [-0.2, 0) is 0 Å². The summed E-state index contributed by atoms with van der Waals surface area (Å²) in [4.78, 5) is 14.6. The van der Waals surface area contributed by atoms with E-state index in [2.05, 4.69) is 4.98 Å². The van der Waals surface area contributed by atoms with Gasteiger partial charge in [0.2, 0.25) is 0 Å². The van der Waals surface area contributed by atoms with Crippen LogP contribution in [-0.4, -0.2) is 21.2 Å². The summed E-state index contributed by atoms with van der Waals surface area (Å²) in [6.45, 7) is 0. The first kappa shape index (κ1) is 8.50. The molecule has 0 aliphatic carbocycles. The van der Waals surface area contributed by atoms with E-state index in [9.17, 15) is 9.90 Å². The summed E-state index contributed by atoms with van der Waals surface area (Å²) >= 11 is 0. The smallest absolute Gasteiger partial charge is 0.338 e. The molecular weight excluding hydrogens is 182 g/mol. The zero-order valence-electron chi connectivity index (χ0n) is 7.14. The number of aromatic nitrogens is 1. The van der Waals surface area contributed by atoms with Crippen molar-refractivity contribution in [3.63, 3.8) is 0 Å². The third kappa shape index (κ3) is 1.17. The van der Waals surface area contributed by atoms with Gasteiger partial charge in [-0.25, -0.2) is 4.79 Å². The lowest BCUT2D eigenvalue weighted by atomic mass is 10.1. The van der Waals surface area contributed by atoms with Crippen LogP contribution in [0.2, 0.25) is 0 Å². The molecule has 1 heterocycles. The van der Waals surface area contributed by atoms with Crippen LogP contribution in [0.15, 0.2) is 30.6 Å². The number of phenolic OH excluding ortho intramolecular Hbond substituents is 1. The van der Waals surface area contributed by atoms with Crippen LogP contribution in [0.25, 0.3) is 10.8 Å². The molecule has 1 aromatic carbocycles. The van der Waals surface area contributed by atoms with Crippen molar-refractivity contribution in [3.05, 3.63) is 36.2 Å². The van der Waals surface area contributed by atoms with Crippen molar-refractivity contribution < 1.29 is 15.0 Å². The standard InChI is InChI=1S/C10H7NO3/c12-8-3-1-2-6-4-11-5-7(9(6)8)10(13)14/h1-5,12H,(H,13,14). The molecule has 0 bridgehead atoms. The van der Waals surface area contributed by atoms with Gasteiger partial charge in [0.15, 0.2) is 0 Å². The van der Waals surface area contributed by atoms with Gasteiger partial charge >= 0.3 is 5.97 Å². The number of hydrogen-bond donors (Lipinski definition) is 2. The molecule has 2 aromatic rings. The molecule has 2 N–H and O–H groups in total. The summed E-state index contributed by atoms with van der Waals surface area (Å²) in [6.07, 6.45) is 2.74. The second-order valence-corrected chi connectivity index (χ2v) is 2.87. The maximum Gasteiger partial charge on any atom is 0.338 e. The lowest BCUT2D eigenvalue weighted by molar-refractivity contribution is 0.0698.